The van der Waals surface area contributed by atoms with E-state index in [9.17, 15) is 22.4 Å². The molecule has 0 aliphatic carbocycles. The fourth-order valence-corrected chi connectivity index (χ4v) is 7.19. The number of hydrogen-bond acceptors (Lipinski definition) is 10. The van der Waals surface area contributed by atoms with Gasteiger partial charge < -0.3 is 30.3 Å². The molecule has 46 heavy (non-hydrogen) atoms. The Bertz CT molecular complexity index is 1740. The van der Waals surface area contributed by atoms with Crippen LogP contribution < -0.4 is 25.4 Å². The number of rotatable bonds is 4. The predicted molar refractivity (Wildman–Crippen MR) is 158 cm³/mol. The minimum Gasteiger partial charge on any atom is -0.472 e. The second kappa shape index (κ2) is 11.0. The number of carbonyl (C=O) groups is 1. The van der Waals surface area contributed by atoms with Crippen molar-refractivity contribution in [2.75, 3.05) is 57.0 Å². The minimum absolute atomic E-state index is 0.0553. The average molecular weight is 649 g/mol. The highest BCUT2D eigenvalue weighted by atomic mass is 19.4. The van der Waals surface area contributed by atoms with Gasteiger partial charge in [0.2, 0.25) is 11.8 Å². The summed E-state index contributed by atoms with van der Waals surface area (Å²) in [5, 5.41) is 3.39. The number of anilines is 2. The highest BCUT2D eigenvalue weighted by Crippen LogP contribution is 2.46. The van der Waals surface area contributed by atoms with Gasteiger partial charge in [0.05, 0.1) is 23.3 Å². The van der Waals surface area contributed by atoms with Crippen LogP contribution in [0.25, 0.3) is 22.2 Å². The van der Waals surface area contributed by atoms with Crippen molar-refractivity contribution < 1.29 is 36.2 Å². The molecule has 0 unspecified atom stereocenters. The van der Waals surface area contributed by atoms with Crippen molar-refractivity contribution in [3.63, 3.8) is 0 Å². The molecule has 3 saturated heterocycles. The van der Waals surface area contributed by atoms with E-state index in [-0.39, 0.29) is 59.3 Å². The van der Waals surface area contributed by atoms with Gasteiger partial charge in [-0.05, 0) is 38.3 Å². The van der Waals surface area contributed by atoms with E-state index in [0.717, 1.165) is 13.0 Å². The van der Waals surface area contributed by atoms with E-state index in [1.807, 2.05) is 4.90 Å². The summed E-state index contributed by atoms with van der Waals surface area (Å²) >= 11 is 0. The van der Waals surface area contributed by atoms with Crippen LogP contribution in [-0.2, 0) is 11.0 Å². The lowest BCUT2D eigenvalue weighted by molar-refractivity contribution is -0.139. The van der Waals surface area contributed by atoms with Gasteiger partial charge in [-0.1, -0.05) is 0 Å². The van der Waals surface area contributed by atoms with Gasteiger partial charge in [-0.2, -0.15) is 23.1 Å². The van der Waals surface area contributed by atoms with Crippen LogP contribution in [0.1, 0.15) is 30.9 Å². The molecule has 4 aliphatic heterocycles. The number of alkyl halides is 3. The van der Waals surface area contributed by atoms with E-state index in [2.05, 4.69) is 25.2 Å². The molecule has 4 atom stereocenters. The summed E-state index contributed by atoms with van der Waals surface area (Å²) in [5.41, 5.74) is 1.15. The maximum atomic E-state index is 16.6. The topological polar surface area (TPSA) is 122 Å². The zero-order valence-corrected chi connectivity index (χ0v) is 25.4. The van der Waals surface area contributed by atoms with Crippen LogP contribution in [0, 0.1) is 18.6 Å². The van der Waals surface area contributed by atoms with Gasteiger partial charge in [-0.3, -0.25) is 9.69 Å². The normalized spacial score (nSPS) is 24.9. The third-order valence-corrected chi connectivity index (χ3v) is 9.57. The number of hydrogen-bond donors (Lipinski definition) is 2. The Kier molecular flexibility index (Phi) is 7.34. The smallest absolute Gasteiger partial charge is 0.417 e. The number of piperazine rings is 2. The number of nitrogens with zero attached hydrogens (tertiary/aromatic N) is 6. The van der Waals surface area contributed by atoms with Gasteiger partial charge >= 0.3 is 12.2 Å². The summed E-state index contributed by atoms with van der Waals surface area (Å²) in [6.07, 6.45) is -4.21. The number of amides is 1. The monoisotopic (exact) mass is 648 g/mol. The number of aromatic nitrogens is 3. The zero-order chi connectivity index (χ0) is 32.7. The molecule has 0 saturated carbocycles. The predicted octanol–water partition coefficient (Wildman–Crippen LogP) is 3.12. The minimum atomic E-state index is -5.06. The number of likely N-dealkylation sites (N-methyl/N-ethyl adjacent to an activating group) is 1. The third-order valence-electron chi connectivity index (χ3n) is 9.57. The number of fused-ring (bicyclic) bond motifs is 3. The first-order chi connectivity index (χ1) is 21.8. The molecule has 0 radical (unpaired) electrons. The Hall–Kier alpha value is -4.05. The van der Waals surface area contributed by atoms with Crippen molar-refractivity contribution >= 4 is 28.3 Å². The first kappa shape index (κ1) is 30.6. The zero-order valence-electron chi connectivity index (χ0n) is 25.4. The number of nitrogen functional groups attached to an aromatic ring is 1. The van der Waals surface area contributed by atoms with Gasteiger partial charge in [0.15, 0.2) is 5.82 Å². The number of nitrogens with one attached hydrogen (secondary N) is 1. The van der Waals surface area contributed by atoms with E-state index >= 15 is 4.39 Å². The molecule has 2 aromatic heterocycles. The van der Waals surface area contributed by atoms with Crippen molar-refractivity contribution in [3.05, 3.63) is 28.8 Å². The highest BCUT2D eigenvalue weighted by Gasteiger charge is 2.43. The molecule has 1 amide bonds. The van der Waals surface area contributed by atoms with Crippen LogP contribution in [0.2, 0.25) is 0 Å². The van der Waals surface area contributed by atoms with Crippen molar-refractivity contribution in [1.29, 1.82) is 0 Å². The molecular formula is C30H33F5N8O3. The van der Waals surface area contributed by atoms with Gasteiger partial charge in [0, 0.05) is 51.4 Å². The maximum absolute atomic E-state index is 16.6. The SMILES string of the molecule is Cc1c(F)c(N)cc(-c2nc3c4c(nc(OC[C@H]5CC[C@H]6C(=O)N(C)CCN56)nc4c2F)N2CCNC[C@H]2[C@H](C)O3)c1C(F)(F)F. The second-order valence-electron chi connectivity index (χ2n) is 12.3. The number of halogens is 5. The summed E-state index contributed by atoms with van der Waals surface area (Å²) in [6, 6.07) is -0.0643. The molecule has 0 bridgehead atoms. The molecule has 7 rings (SSSR count). The summed E-state index contributed by atoms with van der Waals surface area (Å²) < 4.78 is 86.5. The first-order valence-corrected chi connectivity index (χ1v) is 15.2. The Morgan fingerprint density at radius 2 is 1.91 bits per heavy atom. The van der Waals surface area contributed by atoms with Crippen LogP contribution in [0.4, 0.5) is 33.5 Å². The summed E-state index contributed by atoms with van der Waals surface area (Å²) in [7, 11) is 1.78. The molecule has 6 heterocycles. The Labute approximate surface area is 260 Å². The lowest BCUT2D eigenvalue weighted by atomic mass is 9.96. The lowest BCUT2D eigenvalue weighted by Gasteiger charge is -2.38. The van der Waals surface area contributed by atoms with E-state index in [1.165, 1.54) is 0 Å². The third kappa shape index (κ3) is 4.84. The van der Waals surface area contributed by atoms with Gasteiger partial charge in [-0.15, -0.1) is 0 Å². The van der Waals surface area contributed by atoms with Crippen molar-refractivity contribution in [2.24, 2.45) is 0 Å². The van der Waals surface area contributed by atoms with Crippen molar-refractivity contribution in [2.45, 2.75) is 57.1 Å². The molecule has 16 heteroatoms. The molecule has 3 fully saturated rings. The van der Waals surface area contributed by atoms with E-state index < -0.39 is 52.0 Å². The average Bonchev–Trinajstić information content (AvgIpc) is 3.39. The molecule has 11 nitrogen and oxygen atoms in total. The van der Waals surface area contributed by atoms with Gasteiger partial charge in [-0.25, -0.2) is 13.8 Å². The van der Waals surface area contributed by atoms with Crippen LogP contribution in [0.15, 0.2) is 6.07 Å². The van der Waals surface area contributed by atoms with Crippen LogP contribution in [0.3, 0.4) is 0 Å². The van der Waals surface area contributed by atoms with E-state index in [0.29, 0.717) is 45.6 Å². The van der Waals surface area contributed by atoms with Gasteiger partial charge in [0.1, 0.15) is 40.9 Å². The highest BCUT2D eigenvalue weighted by molar-refractivity contribution is 5.97. The fraction of sp³-hybridized carbons (Fsp3) is 0.533. The Morgan fingerprint density at radius 3 is 2.67 bits per heavy atom. The molecule has 246 valence electrons. The number of pyridine rings is 1. The molecule has 0 spiro atoms. The number of nitrogens with two attached hydrogens (primary N) is 1. The van der Waals surface area contributed by atoms with Gasteiger partial charge in [0.25, 0.3) is 0 Å². The van der Waals surface area contributed by atoms with Crippen LogP contribution >= 0.6 is 0 Å². The quantitative estimate of drug-likeness (QED) is 0.323. The van der Waals surface area contributed by atoms with Crippen molar-refractivity contribution in [3.8, 4) is 23.1 Å². The van der Waals surface area contributed by atoms with Crippen LogP contribution in [0.5, 0.6) is 11.9 Å². The molecular weight excluding hydrogens is 615 g/mol. The van der Waals surface area contributed by atoms with Crippen LogP contribution in [-0.4, -0.2) is 101 Å². The largest absolute Gasteiger partial charge is 0.472 e. The second-order valence-corrected chi connectivity index (χ2v) is 12.3. The Balaban J connectivity index is 1.37. The molecule has 1 aromatic carbocycles. The summed E-state index contributed by atoms with van der Waals surface area (Å²) in [4.78, 5) is 31.7. The molecule has 4 aliphatic rings. The standard InChI is InChI=1S/C30H33F5N8O3/c1-13-21(30(33,34)35)16(10-17(36)22(13)31)24-23(32)25-20-26(43-7-6-37-11-19(43)14(2)46-27(20)38-24)40-29(39-25)45-12-15-4-5-18-28(44)41(3)8-9-42(15)18/h10,14-15,18-19,37H,4-9,11-12,36H2,1-3H3/t14-,15+,18-,19-/m0/s1. The van der Waals surface area contributed by atoms with E-state index in [1.54, 1.807) is 18.9 Å². The van der Waals surface area contributed by atoms with E-state index in [4.69, 9.17) is 15.2 Å². The Morgan fingerprint density at radius 1 is 1.13 bits per heavy atom. The number of benzene rings is 1. The first-order valence-electron chi connectivity index (χ1n) is 15.2. The lowest BCUT2D eigenvalue weighted by Crippen LogP contribution is -2.56. The maximum Gasteiger partial charge on any atom is 0.417 e. The summed E-state index contributed by atoms with van der Waals surface area (Å²) in [5.74, 6) is -2.24. The summed E-state index contributed by atoms with van der Waals surface area (Å²) in [6.45, 7) is 5.67. The number of ether oxygens (including phenoxy) is 2. The number of carbonyl (C=O) groups excluding carboxylic acids is 1. The van der Waals surface area contributed by atoms with Crippen molar-refractivity contribution in [1.82, 2.24) is 30.1 Å². The fourth-order valence-electron chi connectivity index (χ4n) is 7.19. The molecule has 3 N–H and O–H groups in total. The molecule has 3 aromatic rings.